The lowest BCUT2D eigenvalue weighted by Gasteiger charge is -2.24. The summed E-state index contributed by atoms with van der Waals surface area (Å²) in [5.74, 6) is 0.739. The van der Waals surface area contributed by atoms with Crippen LogP contribution in [0, 0.1) is 5.92 Å². The second-order valence-corrected chi connectivity index (χ2v) is 6.64. The van der Waals surface area contributed by atoms with Crippen LogP contribution in [0.1, 0.15) is 36.3 Å². The average molecular weight is 399 g/mol. The van der Waals surface area contributed by atoms with Crippen molar-refractivity contribution < 1.29 is 17.9 Å². The average Bonchev–Trinajstić information content (AvgIpc) is 3.09. The van der Waals surface area contributed by atoms with Gasteiger partial charge >= 0.3 is 6.18 Å². The molecule has 1 unspecified atom stereocenters. The Morgan fingerprint density at radius 1 is 1.26 bits per heavy atom. The summed E-state index contributed by atoms with van der Waals surface area (Å²) < 4.78 is 44.6. The predicted octanol–water partition coefficient (Wildman–Crippen LogP) is 4.24. The monoisotopic (exact) mass is 399 g/mol. The van der Waals surface area contributed by atoms with E-state index in [0.29, 0.717) is 12.3 Å². The van der Waals surface area contributed by atoms with Crippen molar-refractivity contribution in [1.82, 2.24) is 14.9 Å². The molecule has 2 aromatic rings. The van der Waals surface area contributed by atoms with Crippen molar-refractivity contribution >= 4 is 13.5 Å². The number of hydrogen-bond donors (Lipinski definition) is 0. The van der Waals surface area contributed by atoms with E-state index < -0.39 is 11.9 Å². The summed E-state index contributed by atoms with van der Waals surface area (Å²) in [4.78, 5) is 10.3. The molecule has 1 aliphatic rings. The fourth-order valence-corrected chi connectivity index (χ4v) is 3.51. The fraction of sp³-hybridized carbons (Fsp3) is 0.474. The summed E-state index contributed by atoms with van der Waals surface area (Å²) in [5, 5.41) is 0. The van der Waals surface area contributed by atoms with Crippen molar-refractivity contribution in [2.24, 2.45) is 5.92 Å². The van der Waals surface area contributed by atoms with Gasteiger partial charge in [-0.3, -0.25) is 9.88 Å². The van der Waals surface area contributed by atoms with Crippen LogP contribution in [-0.2, 0) is 12.6 Å². The molecule has 3 rings (SSSR count). The zero-order valence-electron chi connectivity index (χ0n) is 15.3. The smallest absolute Gasteiger partial charge is 0.433 e. The lowest BCUT2D eigenvalue weighted by Crippen LogP contribution is -2.26. The Morgan fingerprint density at radius 3 is 2.74 bits per heavy atom. The van der Waals surface area contributed by atoms with Gasteiger partial charge < -0.3 is 4.74 Å². The van der Waals surface area contributed by atoms with Crippen molar-refractivity contribution in [3.8, 4) is 5.88 Å². The van der Waals surface area contributed by atoms with E-state index in [1.54, 1.807) is 19.2 Å². The maximum absolute atomic E-state index is 13.1. The molecule has 0 bridgehead atoms. The molecular formula is C19H24F3N3OS. The van der Waals surface area contributed by atoms with Gasteiger partial charge in [-0.15, -0.1) is 0 Å². The van der Waals surface area contributed by atoms with Crippen LogP contribution in [-0.4, -0.2) is 35.1 Å². The molecule has 8 heteroatoms. The Morgan fingerprint density at radius 2 is 2.04 bits per heavy atom. The van der Waals surface area contributed by atoms with E-state index in [0.717, 1.165) is 25.2 Å². The summed E-state index contributed by atoms with van der Waals surface area (Å²) in [5.41, 5.74) is 0.419. The number of pyridine rings is 2. The van der Waals surface area contributed by atoms with Crippen molar-refractivity contribution in [3.63, 3.8) is 0 Å². The van der Waals surface area contributed by atoms with Gasteiger partial charge in [0, 0.05) is 24.8 Å². The van der Waals surface area contributed by atoms with Gasteiger partial charge in [0.15, 0.2) is 0 Å². The standard InChI is InChI=1S/C19H22F3N3O.H2S/c1-13(16-6-3-7-17(24-16)26-2)25-10-8-14(12-25)11-15-5-4-9-23-18(15)19(20,21)22;/h3-7,9,13-14H,8,10-12H2,1-2H3;1H2/t13?,14-;/m1./s1. The quantitative estimate of drug-likeness (QED) is 0.754. The van der Waals surface area contributed by atoms with Crippen LogP contribution >= 0.6 is 13.5 Å². The van der Waals surface area contributed by atoms with Crippen LogP contribution in [0.25, 0.3) is 0 Å². The number of halogens is 3. The second kappa shape index (κ2) is 8.93. The molecule has 0 spiro atoms. The first-order valence-electron chi connectivity index (χ1n) is 8.64. The van der Waals surface area contributed by atoms with Crippen molar-refractivity contribution in [3.05, 3.63) is 53.5 Å². The van der Waals surface area contributed by atoms with E-state index in [4.69, 9.17) is 4.74 Å². The van der Waals surface area contributed by atoms with Gasteiger partial charge in [0.25, 0.3) is 0 Å². The van der Waals surface area contributed by atoms with E-state index in [2.05, 4.69) is 21.8 Å². The zero-order chi connectivity index (χ0) is 18.7. The maximum atomic E-state index is 13.1. The van der Waals surface area contributed by atoms with Gasteiger partial charge in [-0.25, -0.2) is 4.98 Å². The van der Waals surface area contributed by atoms with Crippen molar-refractivity contribution in [2.75, 3.05) is 20.2 Å². The van der Waals surface area contributed by atoms with E-state index in [9.17, 15) is 13.2 Å². The molecule has 27 heavy (non-hydrogen) atoms. The highest BCUT2D eigenvalue weighted by molar-refractivity contribution is 7.59. The third-order valence-corrected chi connectivity index (χ3v) is 4.92. The third kappa shape index (κ3) is 5.13. The molecular weight excluding hydrogens is 375 g/mol. The van der Waals surface area contributed by atoms with Gasteiger partial charge in [-0.1, -0.05) is 12.1 Å². The Labute approximate surface area is 164 Å². The highest BCUT2D eigenvalue weighted by Gasteiger charge is 2.36. The summed E-state index contributed by atoms with van der Waals surface area (Å²) in [6.07, 6.45) is -1.96. The Balaban J connectivity index is 0.00000261. The number of aromatic nitrogens is 2. The molecule has 0 amide bonds. The molecule has 0 aromatic carbocycles. The highest BCUT2D eigenvalue weighted by Crippen LogP contribution is 2.34. The van der Waals surface area contributed by atoms with Crippen LogP contribution in [0.4, 0.5) is 13.2 Å². The molecule has 4 nitrogen and oxygen atoms in total. The number of alkyl halides is 3. The maximum Gasteiger partial charge on any atom is 0.433 e. The molecule has 0 N–H and O–H groups in total. The minimum absolute atomic E-state index is 0. The number of likely N-dealkylation sites (tertiary alicyclic amines) is 1. The molecule has 148 valence electrons. The van der Waals surface area contributed by atoms with E-state index >= 15 is 0 Å². The van der Waals surface area contributed by atoms with E-state index in [1.807, 2.05) is 12.1 Å². The highest BCUT2D eigenvalue weighted by atomic mass is 32.1. The topological polar surface area (TPSA) is 38.2 Å². The van der Waals surface area contributed by atoms with Gasteiger partial charge in [0.2, 0.25) is 5.88 Å². The van der Waals surface area contributed by atoms with Gasteiger partial charge in [0.1, 0.15) is 5.69 Å². The number of rotatable bonds is 5. The van der Waals surface area contributed by atoms with E-state index in [1.165, 1.54) is 12.3 Å². The molecule has 3 heterocycles. The molecule has 1 saturated heterocycles. The largest absolute Gasteiger partial charge is 0.481 e. The van der Waals surface area contributed by atoms with Crippen molar-refractivity contribution in [2.45, 2.75) is 32.0 Å². The predicted molar refractivity (Wildman–Crippen MR) is 102 cm³/mol. The van der Waals surface area contributed by atoms with E-state index in [-0.39, 0.29) is 31.0 Å². The van der Waals surface area contributed by atoms with Gasteiger partial charge in [-0.05, 0) is 49.9 Å². The minimum Gasteiger partial charge on any atom is -0.481 e. The Kier molecular flexibility index (Phi) is 7.11. The summed E-state index contributed by atoms with van der Waals surface area (Å²) in [7, 11) is 1.58. The first kappa shape index (κ1) is 21.5. The Bertz CT molecular complexity index is 757. The molecule has 1 aliphatic heterocycles. The van der Waals surface area contributed by atoms with Crippen LogP contribution in [0.3, 0.4) is 0 Å². The van der Waals surface area contributed by atoms with Crippen LogP contribution < -0.4 is 4.74 Å². The number of hydrogen-bond acceptors (Lipinski definition) is 4. The summed E-state index contributed by atoms with van der Waals surface area (Å²) in [6.45, 7) is 3.65. The second-order valence-electron chi connectivity index (χ2n) is 6.64. The molecule has 0 saturated carbocycles. The first-order chi connectivity index (χ1) is 12.4. The fourth-order valence-electron chi connectivity index (χ4n) is 3.51. The SMILES string of the molecule is COc1cccc(C(C)N2CC[C@H](Cc3cccnc3C(F)(F)F)C2)n1.S. The van der Waals surface area contributed by atoms with Gasteiger partial charge in [-0.2, -0.15) is 26.7 Å². The normalized spacial score (nSPS) is 18.8. The lowest BCUT2D eigenvalue weighted by molar-refractivity contribution is -0.141. The minimum atomic E-state index is -4.41. The summed E-state index contributed by atoms with van der Waals surface area (Å²) in [6, 6.07) is 8.83. The van der Waals surface area contributed by atoms with Crippen molar-refractivity contribution in [1.29, 1.82) is 0 Å². The lowest BCUT2D eigenvalue weighted by atomic mass is 9.97. The molecule has 0 radical (unpaired) electrons. The number of ether oxygens (including phenoxy) is 1. The zero-order valence-corrected chi connectivity index (χ0v) is 16.3. The van der Waals surface area contributed by atoms with Crippen LogP contribution in [0.15, 0.2) is 36.5 Å². The third-order valence-electron chi connectivity index (χ3n) is 4.92. The van der Waals surface area contributed by atoms with Gasteiger partial charge in [0.05, 0.1) is 12.8 Å². The Hall–Kier alpha value is -1.80. The van der Waals surface area contributed by atoms with Crippen LogP contribution in [0.2, 0.25) is 0 Å². The first-order valence-corrected chi connectivity index (χ1v) is 8.64. The number of methoxy groups -OCH3 is 1. The number of nitrogens with zero attached hydrogens (tertiary/aromatic N) is 3. The van der Waals surface area contributed by atoms with Crippen LogP contribution in [0.5, 0.6) is 5.88 Å². The molecule has 1 fully saturated rings. The molecule has 2 atom stereocenters. The summed E-state index contributed by atoms with van der Waals surface area (Å²) >= 11 is 0. The molecule has 0 aliphatic carbocycles. The molecule has 2 aromatic heterocycles.